The number of fused-ring (bicyclic) bond motifs is 1. The zero-order chi connectivity index (χ0) is 12.4. The third kappa shape index (κ3) is 2.34. The molecule has 1 aromatic rings. The highest BCUT2D eigenvalue weighted by Gasteiger charge is 2.24. The minimum absolute atomic E-state index is 0.0530. The summed E-state index contributed by atoms with van der Waals surface area (Å²) in [6, 6.07) is 5.63. The fourth-order valence-electron chi connectivity index (χ4n) is 2.19. The molecule has 1 heterocycles. The summed E-state index contributed by atoms with van der Waals surface area (Å²) in [5.41, 5.74) is 1.84. The van der Waals surface area contributed by atoms with Gasteiger partial charge in [0.25, 0.3) is 0 Å². The van der Waals surface area contributed by atoms with Crippen molar-refractivity contribution in [2.75, 3.05) is 13.7 Å². The van der Waals surface area contributed by atoms with Crippen molar-refractivity contribution in [3.8, 4) is 5.75 Å². The second-order valence-electron chi connectivity index (χ2n) is 4.69. The number of hydrogen-bond donors (Lipinski definition) is 0. The van der Waals surface area contributed by atoms with Crippen LogP contribution >= 0.6 is 0 Å². The summed E-state index contributed by atoms with van der Waals surface area (Å²) in [6.45, 7) is 4.69. The van der Waals surface area contributed by atoms with Gasteiger partial charge in [-0.3, -0.25) is 4.79 Å². The topological polar surface area (TPSA) is 35.5 Å². The molecule has 1 atom stereocenters. The Morgan fingerprint density at radius 3 is 2.82 bits per heavy atom. The number of ketones is 1. The fraction of sp³-hybridized carbons (Fsp3) is 0.500. The number of methoxy groups -OCH3 is 1. The minimum atomic E-state index is -0.365. The fourth-order valence-corrected chi connectivity index (χ4v) is 2.19. The molecule has 0 aliphatic carbocycles. The van der Waals surface area contributed by atoms with E-state index in [2.05, 4.69) is 0 Å². The molecule has 17 heavy (non-hydrogen) atoms. The van der Waals surface area contributed by atoms with Crippen LogP contribution in [0.5, 0.6) is 5.75 Å². The van der Waals surface area contributed by atoms with E-state index in [9.17, 15) is 4.79 Å². The predicted octanol–water partition coefficient (Wildman–Crippen LogP) is 2.48. The first-order chi connectivity index (χ1) is 8.13. The van der Waals surface area contributed by atoms with Gasteiger partial charge in [0.2, 0.25) is 0 Å². The molecule has 1 aliphatic heterocycles. The van der Waals surface area contributed by atoms with Gasteiger partial charge in [0, 0.05) is 19.1 Å². The van der Waals surface area contributed by atoms with Gasteiger partial charge in [-0.1, -0.05) is 13.8 Å². The van der Waals surface area contributed by atoms with Crippen LogP contribution in [0.2, 0.25) is 0 Å². The van der Waals surface area contributed by atoms with Crippen molar-refractivity contribution >= 4 is 5.78 Å². The average Bonchev–Trinajstić information content (AvgIpc) is 2.75. The lowest BCUT2D eigenvalue weighted by atomic mass is 9.96. The molecule has 3 heteroatoms. The van der Waals surface area contributed by atoms with Crippen LogP contribution in [0.15, 0.2) is 18.2 Å². The third-order valence-corrected chi connectivity index (χ3v) is 3.09. The molecular weight excluding hydrogens is 216 g/mol. The molecule has 1 aliphatic rings. The first-order valence-electron chi connectivity index (χ1n) is 5.96. The highest BCUT2D eigenvalue weighted by atomic mass is 16.5. The standard InChI is InChI=1S/C14H18O3/c1-9(2)14(16-3)13(15)11-4-5-12-10(8-11)6-7-17-12/h4-5,8-9,14H,6-7H2,1-3H3. The maximum absolute atomic E-state index is 12.3. The first kappa shape index (κ1) is 12.1. The Kier molecular flexibility index (Phi) is 3.48. The van der Waals surface area contributed by atoms with Gasteiger partial charge in [-0.15, -0.1) is 0 Å². The summed E-state index contributed by atoms with van der Waals surface area (Å²) >= 11 is 0. The Bertz CT molecular complexity index is 423. The van der Waals surface area contributed by atoms with Crippen LogP contribution in [0.1, 0.15) is 29.8 Å². The Morgan fingerprint density at radius 2 is 2.18 bits per heavy atom. The smallest absolute Gasteiger partial charge is 0.191 e. The second kappa shape index (κ2) is 4.88. The highest BCUT2D eigenvalue weighted by Crippen LogP contribution is 2.27. The SMILES string of the molecule is COC(C(=O)c1ccc2c(c1)CCO2)C(C)C. The van der Waals surface area contributed by atoms with Crippen LogP contribution in [0, 0.1) is 5.92 Å². The summed E-state index contributed by atoms with van der Waals surface area (Å²) in [7, 11) is 1.58. The molecule has 3 nitrogen and oxygen atoms in total. The van der Waals surface area contributed by atoms with E-state index < -0.39 is 0 Å². The van der Waals surface area contributed by atoms with Crippen LogP contribution < -0.4 is 4.74 Å². The molecule has 0 radical (unpaired) electrons. The average molecular weight is 234 g/mol. The van der Waals surface area contributed by atoms with Gasteiger partial charge in [0.1, 0.15) is 11.9 Å². The summed E-state index contributed by atoms with van der Waals surface area (Å²) in [6.07, 6.45) is 0.519. The van der Waals surface area contributed by atoms with E-state index in [1.165, 1.54) is 0 Å². The lowest BCUT2D eigenvalue weighted by Gasteiger charge is -2.18. The Balaban J connectivity index is 2.25. The van der Waals surface area contributed by atoms with Gasteiger partial charge >= 0.3 is 0 Å². The zero-order valence-electron chi connectivity index (χ0n) is 10.5. The third-order valence-electron chi connectivity index (χ3n) is 3.09. The van der Waals surface area contributed by atoms with Gasteiger partial charge < -0.3 is 9.47 Å². The van der Waals surface area contributed by atoms with Gasteiger partial charge in [-0.25, -0.2) is 0 Å². The van der Waals surface area contributed by atoms with Crippen LogP contribution in [-0.2, 0) is 11.2 Å². The molecular formula is C14H18O3. The van der Waals surface area contributed by atoms with Gasteiger partial charge in [0.15, 0.2) is 5.78 Å². The van der Waals surface area contributed by atoms with Gasteiger partial charge in [0.05, 0.1) is 6.61 Å². The van der Waals surface area contributed by atoms with Crippen molar-refractivity contribution < 1.29 is 14.3 Å². The van der Waals surface area contributed by atoms with Crippen LogP contribution in [0.25, 0.3) is 0 Å². The quantitative estimate of drug-likeness (QED) is 0.751. The van der Waals surface area contributed by atoms with Crippen molar-refractivity contribution in [1.29, 1.82) is 0 Å². The van der Waals surface area contributed by atoms with E-state index >= 15 is 0 Å². The molecule has 0 saturated carbocycles. The molecule has 0 N–H and O–H groups in total. The number of ether oxygens (including phenoxy) is 2. The van der Waals surface area contributed by atoms with Crippen molar-refractivity contribution in [3.63, 3.8) is 0 Å². The lowest BCUT2D eigenvalue weighted by molar-refractivity contribution is 0.0458. The van der Waals surface area contributed by atoms with Gasteiger partial charge in [-0.2, -0.15) is 0 Å². The number of carbonyl (C=O) groups is 1. The molecule has 1 unspecified atom stereocenters. The minimum Gasteiger partial charge on any atom is -0.493 e. The second-order valence-corrected chi connectivity index (χ2v) is 4.69. The zero-order valence-corrected chi connectivity index (χ0v) is 10.5. The number of carbonyl (C=O) groups excluding carboxylic acids is 1. The summed E-state index contributed by atoms with van der Waals surface area (Å²) in [5, 5.41) is 0. The lowest BCUT2D eigenvalue weighted by Crippen LogP contribution is -2.28. The molecule has 1 aromatic carbocycles. The maximum Gasteiger partial charge on any atom is 0.191 e. The number of rotatable bonds is 4. The van der Waals surface area contributed by atoms with Crippen LogP contribution in [-0.4, -0.2) is 25.6 Å². The Hall–Kier alpha value is -1.35. The van der Waals surface area contributed by atoms with Crippen molar-refractivity contribution in [1.82, 2.24) is 0 Å². The van der Waals surface area contributed by atoms with E-state index in [0.717, 1.165) is 23.3 Å². The molecule has 2 rings (SSSR count). The number of Topliss-reactive ketones (excluding diaryl/α,β-unsaturated/α-hetero) is 1. The van der Waals surface area contributed by atoms with Gasteiger partial charge in [-0.05, 0) is 29.7 Å². The number of benzene rings is 1. The Labute approximate surface area is 102 Å². The molecule has 0 aromatic heterocycles. The predicted molar refractivity (Wildman–Crippen MR) is 65.6 cm³/mol. The summed E-state index contributed by atoms with van der Waals surface area (Å²) < 4.78 is 10.7. The summed E-state index contributed by atoms with van der Waals surface area (Å²) in [4.78, 5) is 12.3. The maximum atomic E-state index is 12.3. The largest absolute Gasteiger partial charge is 0.493 e. The van der Waals surface area contributed by atoms with E-state index in [1.807, 2.05) is 32.0 Å². The molecule has 0 bridgehead atoms. The molecule has 92 valence electrons. The van der Waals surface area contributed by atoms with Crippen molar-refractivity contribution in [2.24, 2.45) is 5.92 Å². The van der Waals surface area contributed by atoms with Crippen LogP contribution in [0.4, 0.5) is 0 Å². The molecule has 0 fully saturated rings. The monoisotopic (exact) mass is 234 g/mol. The summed E-state index contributed by atoms with van der Waals surface area (Å²) in [5.74, 6) is 1.13. The van der Waals surface area contributed by atoms with E-state index in [-0.39, 0.29) is 17.8 Å². The first-order valence-corrected chi connectivity index (χ1v) is 5.96. The van der Waals surface area contributed by atoms with Crippen molar-refractivity contribution in [2.45, 2.75) is 26.4 Å². The van der Waals surface area contributed by atoms with E-state index in [0.29, 0.717) is 6.61 Å². The molecule has 0 amide bonds. The molecule has 0 spiro atoms. The molecule has 0 saturated heterocycles. The Morgan fingerprint density at radius 1 is 1.41 bits per heavy atom. The van der Waals surface area contributed by atoms with Crippen molar-refractivity contribution in [3.05, 3.63) is 29.3 Å². The van der Waals surface area contributed by atoms with Crippen LogP contribution in [0.3, 0.4) is 0 Å². The normalized spacial score (nSPS) is 15.5. The highest BCUT2D eigenvalue weighted by molar-refractivity contribution is 6.00. The van der Waals surface area contributed by atoms with E-state index in [1.54, 1.807) is 7.11 Å². The number of hydrogen-bond acceptors (Lipinski definition) is 3. The van der Waals surface area contributed by atoms with E-state index in [4.69, 9.17) is 9.47 Å².